The molecule has 2 aliphatic rings. The Morgan fingerprint density at radius 3 is 2.81 bits per heavy atom. The Morgan fingerprint density at radius 2 is 2.03 bits per heavy atom. The molecule has 4 amide bonds. The van der Waals surface area contributed by atoms with Crippen molar-refractivity contribution >= 4 is 17.8 Å². The number of hydrogen-bond acceptors (Lipinski definition) is 7. The zero-order chi connectivity index (χ0) is 21.8. The number of amides is 4. The van der Waals surface area contributed by atoms with Crippen LogP contribution < -0.4 is 0 Å². The third kappa shape index (κ3) is 4.43. The van der Waals surface area contributed by atoms with E-state index in [1.54, 1.807) is 9.80 Å². The summed E-state index contributed by atoms with van der Waals surface area (Å²) < 4.78 is 10.3. The third-order valence-electron chi connectivity index (χ3n) is 5.55. The molecule has 0 N–H and O–H groups in total. The predicted octanol–water partition coefficient (Wildman–Crippen LogP) is 1.18. The summed E-state index contributed by atoms with van der Waals surface area (Å²) in [5, 5.41) is 3.97. The molecule has 2 saturated heterocycles. The standard InChI is InChI=1S/C21H25N5O5/c1-30-13-12-26-20(28)16-14-24(10-5-11-25(16)21(26)29)18(27)9-8-17-22-19(23-31-17)15-6-3-2-4-7-15/h2-4,6-7,16H,5,8-14H2,1H3. The predicted molar refractivity (Wildman–Crippen MR) is 109 cm³/mol. The number of aryl methyl sites for hydroxylation is 1. The van der Waals surface area contributed by atoms with Crippen molar-refractivity contribution in [3.8, 4) is 11.4 Å². The van der Waals surface area contributed by atoms with Crippen LogP contribution in [0.5, 0.6) is 0 Å². The number of benzene rings is 1. The molecule has 4 rings (SSSR count). The van der Waals surface area contributed by atoms with Gasteiger partial charge in [0.2, 0.25) is 17.6 Å². The van der Waals surface area contributed by atoms with Crippen molar-refractivity contribution in [1.82, 2.24) is 24.8 Å². The maximum atomic E-state index is 12.8. The maximum Gasteiger partial charge on any atom is 0.327 e. The van der Waals surface area contributed by atoms with E-state index in [4.69, 9.17) is 9.26 Å². The smallest absolute Gasteiger partial charge is 0.327 e. The van der Waals surface area contributed by atoms with Crippen molar-refractivity contribution in [3.05, 3.63) is 36.2 Å². The van der Waals surface area contributed by atoms with Crippen LogP contribution in [0.25, 0.3) is 11.4 Å². The molecule has 3 heterocycles. The molecule has 10 heteroatoms. The van der Waals surface area contributed by atoms with Crippen LogP contribution in [0.4, 0.5) is 4.79 Å². The van der Waals surface area contributed by atoms with Gasteiger partial charge in [0.15, 0.2) is 0 Å². The number of imide groups is 1. The first kappa shape index (κ1) is 21.0. The number of ether oxygens (including phenoxy) is 1. The Labute approximate surface area is 179 Å². The van der Waals surface area contributed by atoms with Gasteiger partial charge < -0.3 is 19.1 Å². The first-order chi connectivity index (χ1) is 15.1. The topological polar surface area (TPSA) is 109 Å². The van der Waals surface area contributed by atoms with Gasteiger partial charge in [-0.1, -0.05) is 35.5 Å². The second-order valence-corrected chi connectivity index (χ2v) is 7.55. The van der Waals surface area contributed by atoms with E-state index < -0.39 is 6.04 Å². The summed E-state index contributed by atoms with van der Waals surface area (Å²) in [6.07, 6.45) is 1.13. The highest BCUT2D eigenvalue weighted by Gasteiger charge is 2.46. The van der Waals surface area contributed by atoms with Gasteiger partial charge in [-0.2, -0.15) is 4.98 Å². The number of rotatable bonds is 7. The highest BCUT2D eigenvalue weighted by molar-refractivity contribution is 6.04. The van der Waals surface area contributed by atoms with Crippen molar-refractivity contribution in [3.63, 3.8) is 0 Å². The minimum atomic E-state index is -0.635. The molecule has 0 aliphatic carbocycles. The molecule has 31 heavy (non-hydrogen) atoms. The van der Waals surface area contributed by atoms with Gasteiger partial charge in [0.05, 0.1) is 19.7 Å². The van der Waals surface area contributed by atoms with Crippen LogP contribution in [0.15, 0.2) is 34.9 Å². The molecule has 0 spiro atoms. The Morgan fingerprint density at radius 1 is 1.23 bits per heavy atom. The van der Waals surface area contributed by atoms with Crippen LogP contribution in [0.2, 0.25) is 0 Å². The maximum absolute atomic E-state index is 12.8. The van der Waals surface area contributed by atoms with E-state index in [1.807, 2.05) is 30.3 Å². The third-order valence-corrected chi connectivity index (χ3v) is 5.55. The molecular weight excluding hydrogens is 402 g/mol. The van der Waals surface area contributed by atoms with Crippen LogP contribution in [0.3, 0.4) is 0 Å². The monoisotopic (exact) mass is 427 g/mol. The summed E-state index contributed by atoms with van der Waals surface area (Å²) in [6.45, 7) is 1.66. The lowest BCUT2D eigenvalue weighted by Gasteiger charge is -2.23. The normalized spacial score (nSPS) is 19.0. The van der Waals surface area contributed by atoms with Crippen molar-refractivity contribution in [2.24, 2.45) is 0 Å². The first-order valence-corrected chi connectivity index (χ1v) is 10.3. The van der Waals surface area contributed by atoms with Gasteiger partial charge in [-0.05, 0) is 6.42 Å². The van der Waals surface area contributed by atoms with Crippen molar-refractivity contribution in [1.29, 1.82) is 0 Å². The minimum Gasteiger partial charge on any atom is -0.383 e. The molecular formula is C21H25N5O5. The number of carbonyl (C=O) groups is 3. The molecule has 0 saturated carbocycles. The van der Waals surface area contributed by atoms with Crippen LogP contribution in [-0.4, -0.2) is 88.6 Å². The summed E-state index contributed by atoms with van der Waals surface area (Å²) in [6, 6.07) is 8.53. The van der Waals surface area contributed by atoms with Crippen LogP contribution in [-0.2, 0) is 20.7 Å². The van der Waals surface area contributed by atoms with E-state index in [0.717, 1.165) is 5.56 Å². The first-order valence-electron chi connectivity index (χ1n) is 10.3. The lowest BCUT2D eigenvalue weighted by atomic mass is 10.2. The fraction of sp³-hybridized carbons (Fsp3) is 0.476. The van der Waals surface area contributed by atoms with Crippen LogP contribution >= 0.6 is 0 Å². The molecule has 0 radical (unpaired) electrons. The van der Waals surface area contributed by atoms with Gasteiger partial charge in [0.1, 0.15) is 6.04 Å². The highest BCUT2D eigenvalue weighted by Crippen LogP contribution is 2.22. The molecule has 2 fully saturated rings. The van der Waals surface area contributed by atoms with E-state index in [-0.39, 0.29) is 44.0 Å². The molecule has 1 aromatic carbocycles. The van der Waals surface area contributed by atoms with Crippen molar-refractivity contribution < 1.29 is 23.6 Å². The van der Waals surface area contributed by atoms with E-state index in [0.29, 0.717) is 37.6 Å². The molecule has 2 aliphatic heterocycles. The number of nitrogens with zero attached hydrogens (tertiary/aromatic N) is 5. The second kappa shape index (κ2) is 9.25. The zero-order valence-electron chi connectivity index (χ0n) is 17.4. The fourth-order valence-electron chi connectivity index (χ4n) is 3.90. The largest absolute Gasteiger partial charge is 0.383 e. The van der Waals surface area contributed by atoms with Gasteiger partial charge in [-0.3, -0.25) is 14.5 Å². The van der Waals surface area contributed by atoms with Gasteiger partial charge >= 0.3 is 6.03 Å². The van der Waals surface area contributed by atoms with Gasteiger partial charge in [-0.15, -0.1) is 0 Å². The lowest BCUT2D eigenvalue weighted by molar-refractivity contribution is -0.133. The summed E-state index contributed by atoms with van der Waals surface area (Å²) >= 11 is 0. The minimum absolute atomic E-state index is 0.100. The molecule has 1 atom stereocenters. The molecule has 1 aromatic heterocycles. The average molecular weight is 427 g/mol. The number of methoxy groups -OCH3 is 1. The number of aromatic nitrogens is 2. The number of urea groups is 1. The van der Waals surface area contributed by atoms with Crippen molar-refractivity contribution in [2.45, 2.75) is 25.3 Å². The van der Waals surface area contributed by atoms with E-state index in [2.05, 4.69) is 10.1 Å². The quantitative estimate of drug-likeness (QED) is 0.611. The second-order valence-electron chi connectivity index (χ2n) is 7.55. The van der Waals surface area contributed by atoms with E-state index in [1.165, 1.54) is 12.0 Å². The van der Waals surface area contributed by atoms with Crippen LogP contribution in [0, 0.1) is 0 Å². The van der Waals surface area contributed by atoms with E-state index >= 15 is 0 Å². The molecule has 2 aromatic rings. The molecule has 0 bridgehead atoms. The number of fused-ring (bicyclic) bond motifs is 1. The van der Waals surface area contributed by atoms with Crippen molar-refractivity contribution in [2.75, 3.05) is 39.9 Å². The summed E-state index contributed by atoms with van der Waals surface area (Å²) in [5.41, 5.74) is 0.846. The Bertz CT molecular complexity index is 947. The lowest BCUT2D eigenvalue weighted by Crippen LogP contribution is -2.43. The Hall–Kier alpha value is -3.27. The van der Waals surface area contributed by atoms with Gasteiger partial charge in [0.25, 0.3) is 5.91 Å². The van der Waals surface area contributed by atoms with Crippen LogP contribution in [0.1, 0.15) is 18.7 Å². The molecule has 1 unspecified atom stereocenters. The SMILES string of the molecule is COCCN1C(=O)C2CN(C(=O)CCc3nc(-c4ccccc4)no3)CCCN2C1=O. The zero-order valence-corrected chi connectivity index (χ0v) is 17.4. The summed E-state index contributed by atoms with van der Waals surface area (Å²) in [5.74, 6) is 0.504. The number of carbonyl (C=O) groups excluding carboxylic acids is 3. The van der Waals surface area contributed by atoms with Gasteiger partial charge in [0, 0.05) is 38.6 Å². The van der Waals surface area contributed by atoms with E-state index in [9.17, 15) is 14.4 Å². The Kier molecular flexibility index (Phi) is 6.26. The average Bonchev–Trinajstić information content (AvgIpc) is 3.25. The Balaban J connectivity index is 1.36. The molecule has 164 valence electrons. The number of hydrogen-bond donors (Lipinski definition) is 0. The fourth-order valence-corrected chi connectivity index (χ4v) is 3.90. The highest BCUT2D eigenvalue weighted by atomic mass is 16.5. The summed E-state index contributed by atoms with van der Waals surface area (Å²) in [7, 11) is 1.52. The summed E-state index contributed by atoms with van der Waals surface area (Å²) in [4.78, 5) is 46.9. The van der Waals surface area contributed by atoms with Gasteiger partial charge in [-0.25, -0.2) is 4.79 Å². The molecule has 10 nitrogen and oxygen atoms in total.